The average molecular weight is 360 g/mol. The largest absolute Gasteiger partial charge is 0.361 e. The zero-order valence-electron chi connectivity index (χ0n) is 12.4. The van der Waals surface area contributed by atoms with Gasteiger partial charge in [-0.15, -0.1) is 0 Å². The van der Waals surface area contributed by atoms with E-state index >= 15 is 0 Å². The van der Waals surface area contributed by atoms with Crippen LogP contribution in [0.3, 0.4) is 0 Å². The minimum absolute atomic E-state index is 0.0824. The van der Waals surface area contributed by atoms with Crippen LogP contribution in [0.25, 0.3) is 10.9 Å². The summed E-state index contributed by atoms with van der Waals surface area (Å²) in [5.41, 5.74) is 0.266. The molecule has 1 fully saturated rings. The number of piperidine rings is 1. The lowest BCUT2D eigenvalue weighted by Gasteiger charge is -2.27. The third kappa shape index (κ3) is 3.64. The minimum atomic E-state index is -3.82. The van der Waals surface area contributed by atoms with Gasteiger partial charge in [0.05, 0.1) is 22.2 Å². The number of fused-ring (bicyclic) bond motifs is 1. The van der Waals surface area contributed by atoms with Crippen molar-refractivity contribution >= 4 is 38.6 Å². The van der Waals surface area contributed by atoms with Crippen LogP contribution in [-0.2, 0) is 10.1 Å². The summed E-state index contributed by atoms with van der Waals surface area (Å²) in [6.07, 6.45) is 4.03. The van der Waals surface area contributed by atoms with Crippen molar-refractivity contribution in [3.8, 4) is 5.88 Å². The Hall–Kier alpha value is -1.67. The summed E-state index contributed by atoms with van der Waals surface area (Å²) in [5.74, 6) is -0.487. The number of halogens is 2. The van der Waals surface area contributed by atoms with Gasteiger partial charge in [0, 0.05) is 13.1 Å². The normalized spacial score (nSPS) is 15.9. The molecular weight excluding hydrogens is 345 g/mol. The van der Waals surface area contributed by atoms with Gasteiger partial charge in [0.1, 0.15) is 5.82 Å². The van der Waals surface area contributed by atoms with E-state index in [0.717, 1.165) is 50.7 Å². The molecule has 3 rings (SSSR count). The van der Waals surface area contributed by atoms with Gasteiger partial charge in [0.2, 0.25) is 11.8 Å². The fourth-order valence-corrected chi connectivity index (χ4v) is 3.22. The van der Waals surface area contributed by atoms with E-state index in [1.807, 2.05) is 4.90 Å². The number of benzene rings is 1. The molecule has 0 spiro atoms. The average Bonchev–Trinajstić information content (AvgIpc) is 2.47. The quantitative estimate of drug-likeness (QED) is 0.785. The molecule has 1 aromatic heterocycles. The van der Waals surface area contributed by atoms with Crippen molar-refractivity contribution in [1.29, 1.82) is 0 Å². The van der Waals surface area contributed by atoms with Gasteiger partial charge >= 0.3 is 10.1 Å². The van der Waals surface area contributed by atoms with E-state index in [0.29, 0.717) is 5.95 Å². The highest BCUT2D eigenvalue weighted by atomic mass is 35.5. The van der Waals surface area contributed by atoms with Crippen molar-refractivity contribution in [3.63, 3.8) is 0 Å². The SMILES string of the molecule is CS(=O)(=O)Oc1nc(N2CCCCC2)nc2c(Cl)cc(F)cc12. The maximum atomic E-state index is 13.6. The zero-order chi connectivity index (χ0) is 16.6. The molecule has 2 heterocycles. The molecule has 6 nitrogen and oxygen atoms in total. The van der Waals surface area contributed by atoms with Crippen LogP contribution in [0, 0.1) is 5.82 Å². The Labute approximate surface area is 138 Å². The lowest BCUT2D eigenvalue weighted by Crippen LogP contribution is -2.31. The van der Waals surface area contributed by atoms with Crippen LogP contribution < -0.4 is 9.08 Å². The maximum absolute atomic E-state index is 13.6. The van der Waals surface area contributed by atoms with E-state index in [-0.39, 0.29) is 21.8 Å². The van der Waals surface area contributed by atoms with Crippen molar-refractivity contribution < 1.29 is 17.0 Å². The highest BCUT2D eigenvalue weighted by Gasteiger charge is 2.20. The number of anilines is 1. The molecule has 23 heavy (non-hydrogen) atoms. The molecule has 1 saturated heterocycles. The Morgan fingerprint density at radius 1 is 1.22 bits per heavy atom. The third-order valence-electron chi connectivity index (χ3n) is 3.54. The minimum Gasteiger partial charge on any atom is -0.361 e. The van der Waals surface area contributed by atoms with Gasteiger partial charge in [-0.2, -0.15) is 13.4 Å². The predicted octanol–water partition coefficient (Wildman–Crippen LogP) is 2.75. The first kappa shape index (κ1) is 16.2. The van der Waals surface area contributed by atoms with E-state index in [2.05, 4.69) is 9.97 Å². The second-order valence-electron chi connectivity index (χ2n) is 5.45. The molecule has 2 aromatic rings. The van der Waals surface area contributed by atoms with Gasteiger partial charge in [-0.25, -0.2) is 9.37 Å². The molecule has 0 radical (unpaired) electrons. The Bertz CT molecular complexity index is 854. The summed E-state index contributed by atoms with van der Waals surface area (Å²) in [5, 5.41) is 0.209. The van der Waals surface area contributed by atoms with Crippen molar-refractivity contribution in [2.75, 3.05) is 24.2 Å². The van der Waals surface area contributed by atoms with Crippen molar-refractivity contribution in [2.45, 2.75) is 19.3 Å². The first-order valence-electron chi connectivity index (χ1n) is 7.15. The first-order valence-corrected chi connectivity index (χ1v) is 9.34. The lowest BCUT2D eigenvalue weighted by molar-refractivity contribution is 0.483. The molecule has 0 atom stereocenters. The smallest absolute Gasteiger partial charge is 0.307 e. The fourth-order valence-electron chi connectivity index (χ4n) is 2.56. The summed E-state index contributed by atoms with van der Waals surface area (Å²) >= 11 is 6.06. The van der Waals surface area contributed by atoms with Crippen LogP contribution in [-0.4, -0.2) is 37.7 Å². The van der Waals surface area contributed by atoms with Crippen LogP contribution in [0.4, 0.5) is 10.3 Å². The van der Waals surface area contributed by atoms with Crippen LogP contribution >= 0.6 is 11.6 Å². The zero-order valence-corrected chi connectivity index (χ0v) is 14.0. The number of rotatable bonds is 3. The molecular formula is C14H15ClFN3O3S. The summed E-state index contributed by atoms with van der Waals surface area (Å²) in [6, 6.07) is 2.24. The molecule has 0 saturated carbocycles. The van der Waals surface area contributed by atoms with E-state index in [9.17, 15) is 12.8 Å². The van der Waals surface area contributed by atoms with E-state index < -0.39 is 15.9 Å². The van der Waals surface area contributed by atoms with Gasteiger partial charge in [-0.05, 0) is 31.4 Å². The summed E-state index contributed by atoms with van der Waals surface area (Å²) in [4.78, 5) is 10.5. The molecule has 124 valence electrons. The Morgan fingerprint density at radius 3 is 2.57 bits per heavy atom. The summed E-state index contributed by atoms with van der Waals surface area (Å²) < 4.78 is 41.5. The highest BCUT2D eigenvalue weighted by molar-refractivity contribution is 7.86. The monoisotopic (exact) mass is 359 g/mol. The van der Waals surface area contributed by atoms with Crippen molar-refractivity contribution in [2.24, 2.45) is 0 Å². The van der Waals surface area contributed by atoms with Crippen LogP contribution in [0.1, 0.15) is 19.3 Å². The summed E-state index contributed by atoms with van der Waals surface area (Å²) in [6.45, 7) is 1.53. The molecule has 1 aromatic carbocycles. The fraction of sp³-hybridized carbons (Fsp3) is 0.429. The number of hydrogen-bond donors (Lipinski definition) is 0. The van der Waals surface area contributed by atoms with Crippen molar-refractivity contribution in [1.82, 2.24) is 9.97 Å². The second kappa shape index (κ2) is 6.09. The van der Waals surface area contributed by atoms with Crippen LogP contribution in [0.15, 0.2) is 12.1 Å². The van der Waals surface area contributed by atoms with E-state index in [1.54, 1.807) is 0 Å². The Morgan fingerprint density at radius 2 is 1.91 bits per heavy atom. The predicted molar refractivity (Wildman–Crippen MR) is 86.0 cm³/mol. The lowest BCUT2D eigenvalue weighted by atomic mass is 10.1. The van der Waals surface area contributed by atoms with Gasteiger partial charge in [0.15, 0.2) is 0 Å². The van der Waals surface area contributed by atoms with Gasteiger partial charge in [0.25, 0.3) is 0 Å². The molecule has 0 unspecified atom stereocenters. The summed E-state index contributed by atoms with van der Waals surface area (Å²) in [7, 11) is -3.82. The third-order valence-corrected chi connectivity index (χ3v) is 4.29. The molecule has 0 amide bonds. The van der Waals surface area contributed by atoms with Gasteiger partial charge in [-0.3, -0.25) is 0 Å². The second-order valence-corrected chi connectivity index (χ2v) is 7.43. The maximum Gasteiger partial charge on any atom is 0.307 e. The first-order chi connectivity index (χ1) is 10.8. The van der Waals surface area contributed by atoms with Gasteiger partial charge in [-0.1, -0.05) is 11.6 Å². The standard InChI is InChI=1S/C14H15ClFN3O3S/c1-23(20,21)22-13-10-7-9(16)8-11(15)12(10)17-14(18-13)19-5-3-2-4-6-19/h7-8H,2-6H2,1H3. The molecule has 0 N–H and O–H groups in total. The van der Waals surface area contributed by atoms with E-state index in [4.69, 9.17) is 15.8 Å². The number of nitrogens with zero attached hydrogens (tertiary/aromatic N) is 3. The van der Waals surface area contributed by atoms with Gasteiger partial charge < -0.3 is 9.08 Å². The van der Waals surface area contributed by atoms with Crippen LogP contribution in [0.2, 0.25) is 5.02 Å². The van der Waals surface area contributed by atoms with E-state index in [1.165, 1.54) is 0 Å². The molecule has 0 aliphatic carbocycles. The molecule has 9 heteroatoms. The number of hydrogen-bond acceptors (Lipinski definition) is 6. The molecule has 0 bridgehead atoms. The van der Waals surface area contributed by atoms with Crippen molar-refractivity contribution in [3.05, 3.63) is 23.0 Å². The topological polar surface area (TPSA) is 72.4 Å². The van der Waals surface area contributed by atoms with Crippen LogP contribution in [0.5, 0.6) is 5.88 Å². The Kier molecular flexibility index (Phi) is 4.29. The molecule has 1 aliphatic rings. The number of aromatic nitrogens is 2. The highest BCUT2D eigenvalue weighted by Crippen LogP contribution is 2.32. The molecule has 1 aliphatic heterocycles. The Balaban J connectivity index is 2.19.